The molecule has 0 radical (unpaired) electrons. The van der Waals surface area contributed by atoms with Crippen molar-refractivity contribution in [3.05, 3.63) is 0 Å². The van der Waals surface area contributed by atoms with Gasteiger partial charge in [0.25, 0.3) is 0 Å². The fraction of sp³-hybridized carbons (Fsp3) is 0.857. The van der Waals surface area contributed by atoms with Gasteiger partial charge in [-0.3, -0.25) is 4.79 Å². The predicted molar refractivity (Wildman–Crippen MR) is 36.4 cm³/mol. The van der Waals surface area contributed by atoms with E-state index in [0.717, 1.165) is 19.3 Å². The van der Waals surface area contributed by atoms with Crippen LogP contribution in [0.15, 0.2) is 0 Å². The summed E-state index contributed by atoms with van der Waals surface area (Å²) in [6.45, 7) is 2.11. The van der Waals surface area contributed by atoms with Crippen LogP contribution in [0.1, 0.15) is 39.0 Å². The maximum absolute atomic E-state index is 9.96. The Morgan fingerprint density at radius 3 is 2.30 bits per heavy atom. The molecule has 0 aliphatic carbocycles. The van der Waals surface area contributed by atoms with E-state index < -0.39 is 5.97 Å². The molecule has 0 amide bonds. The molecule has 58 valence electrons. The summed E-state index contributed by atoms with van der Waals surface area (Å²) in [5.74, 6) is -0.675. The third-order valence-electron chi connectivity index (χ3n) is 1.24. The zero-order valence-corrected chi connectivity index (χ0v) is 9.60. The fourth-order valence-electron chi connectivity index (χ4n) is 0.703. The minimum Gasteiger partial charge on any atom is -0.481 e. The van der Waals surface area contributed by atoms with Crippen LogP contribution in [0.3, 0.4) is 0 Å². The quantitative estimate of drug-likeness (QED) is 0.779. The summed E-state index contributed by atoms with van der Waals surface area (Å²) in [4.78, 5) is 9.96. The average Bonchev–Trinajstić information content (AvgIpc) is 1.80. The monoisotopic (exact) mass is 272 g/mol. The molecule has 0 bridgehead atoms. The summed E-state index contributed by atoms with van der Waals surface area (Å²) in [6, 6.07) is 0. The van der Waals surface area contributed by atoms with E-state index in [4.69, 9.17) is 5.11 Å². The van der Waals surface area contributed by atoms with Crippen LogP contribution < -0.4 is 0 Å². The normalized spacial score (nSPS) is 8.50. The Morgan fingerprint density at radius 1 is 1.30 bits per heavy atom. The first kappa shape index (κ1) is 13.4. The molecule has 0 unspecified atom stereocenters. The number of aliphatic carboxylic acids is 1. The van der Waals surface area contributed by atoms with Crippen molar-refractivity contribution >= 4 is 5.97 Å². The number of carboxylic acids is 1. The number of carboxylic acid groups (broad SMARTS) is 1. The van der Waals surface area contributed by atoms with Gasteiger partial charge < -0.3 is 5.11 Å². The Bertz CT molecular complexity index is 83.7. The summed E-state index contributed by atoms with van der Waals surface area (Å²) < 4.78 is 0. The summed E-state index contributed by atoms with van der Waals surface area (Å²) in [7, 11) is 0. The maximum atomic E-state index is 9.96. The van der Waals surface area contributed by atoms with Crippen molar-refractivity contribution in [2.75, 3.05) is 0 Å². The Balaban J connectivity index is 0. The predicted octanol–water partition coefficient (Wildman–Crippen LogP) is 2.04. The molecule has 0 atom stereocenters. The van der Waals surface area contributed by atoms with Gasteiger partial charge in [0.05, 0.1) is 0 Å². The van der Waals surface area contributed by atoms with Gasteiger partial charge in [-0.2, -0.15) is 0 Å². The first-order valence-electron chi connectivity index (χ1n) is 3.49. The van der Waals surface area contributed by atoms with Gasteiger partial charge in [-0.25, -0.2) is 0 Å². The average molecular weight is 274 g/mol. The fourth-order valence-corrected chi connectivity index (χ4v) is 0.703. The third-order valence-corrected chi connectivity index (χ3v) is 1.24. The van der Waals surface area contributed by atoms with Gasteiger partial charge in [0, 0.05) is 47.3 Å². The smallest absolute Gasteiger partial charge is 0.303 e. The summed E-state index contributed by atoms with van der Waals surface area (Å²) in [5.41, 5.74) is 0. The Kier molecular flexibility index (Phi) is 13.2. The van der Waals surface area contributed by atoms with Crippen molar-refractivity contribution in [1.29, 1.82) is 0 Å². The molecule has 0 aromatic heterocycles. The molecule has 0 aromatic rings. The second-order valence-electron chi connectivity index (χ2n) is 2.20. The SMILES string of the molecule is CCCCCCC(=O)O.[Nd]. The number of rotatable bonds is 5. The molecule has 0 aromatic carbocycles. The van der Waals surface area contributed by atoms with Gasteiger partial charge in [-0.05, 0) is 6.42 Å². The van der Waals surface area contributed by atoms with Gasteiger partial charge in [0.15, 0.2) is 0 Å². The molecule has 0 heterocycles. The standard InChI is InChI=1S/C7H14O2.Nd/c1-2-3-4-5-6-7(8)9;/h2-6H2,1H3,(H,8,9);. The number of hydrogen-bond donors (Lipinski definition) is 1. The molecular formula is C7H14NdO2. The molecule has 0 rings (SSSR count). The zero-order chi connectivity index (χ0) is 7.11. The molecule has 3 heteroatoms. The van der Waals surface area contributed by atoms with Gasteiger partial charge >= 0.3 is 5.97 Å². The van der Waals surface area contributed by atoms with Gasteiger partial charge in [0.2, 0.25) is 0 Å². The van der Waals surface area contributed by atoms with E-state index in [9.17, 15) is 4.79 Å². The molecule has 0 saturated heterocycles. The van der Waals surface area contributed by atoms with Crippen LogP contribution in [-0.4, -0.2) is 11.1 Å². The number of unbranched alkanes of at least 4 members (excludes halogenated alkanes) is 3. The van der Waals surface area contributed by atoms with E-state index in [1.54, 1.807) is 0 Å². The Morgan fingerprint density at radius 2 is 1.90 bits per heavy atom. The van der Waals surface area contributed by atoms with Gasteiger partial charge in [0.1, 0.15) is 0 Å². The Labute approximate surface area is 94.9 Å². The second-order valence-corrected chi connectivity index (χ2v) is 2.20. The Hall–Kier alpha value is 0.821. The molecule has 0 saturated carbocycles. The molecule has 2 nitrogen and oxygen atoms in total. The van der Waals surface area contributed by atoms with Crippen molar-refractivity contribution in [3.8, 4) is 0 Å². The van der Waals surface area contributed by atoms with Crippen LogP contribution in [0.25, 0.3) is 0 Å². The molecule has 0 fully saturated rings. The van der Waals surface area contributed by atoms with Crippen LogP contribution >= 0.6 is 0 Å². The first-order valence-corrected chi connectivity index (χ1v) is 3.49. The first-order chi connectivity index (χ1) is 4.27. The van der Waals surface area contributed by atoms with E-state index in [-0.39, 0.29) is 40.8 Å². The van der Waals surface area contributed by atoms with Crippen molar-refractivity contribution in [3.63, 3.8) is 0 Å². The van der Waals surface area contributed by atoms with Gasteiger partial charge in [-0.15, -0.1) is 0 Å². The van der Waals surface area contributed by atoms with Crippen molar-refractivity contribution in [2.24, 2.45) is 0 Å². The maximum Gasteiger partial charge on any atom is 0.303 e. The number of carbonyl (C=O) groups is 1. The van der Waals surface area contributed by atoms with Crippen molar-refractivity contribution < 1.29 is 50.7 Å². The summed E-state index contributed by atoms with van der Waals surface area (Å²) in [5, 5.41) is 8.21. The summed E-state index contributed by atoms with van der Waals surface area (Å²) >= 11 is 0. The molecular weight excluding hydrogens is 260 g/mol. The van der Waals surface area contributed by atoms with E-state index in [1.165, 1.54) is 6.42 Å². The van der Waals surface area contributed by atoms with E-state index in [1.807, 2.05) is 0 Å². The zero-order valence-electron chi connectivity index (χ0n) is 6.39. The minimum atomic E-state index is -0.675. The topological polar surface area (TPSA) is 37.3 Å². The van der Waals surface area contributed by atoms with Crippen LogP contribution in [-0.2, 0) is 4.79 Å². The summed E-state index contributed by atoms with van der Waals surface area (Å²) in [6.07, 6.45) is 4.55. The molecule has 0 spiro atoms. The van der Waals surface area contributed by atoms with E-state index in [0.29, 0.717) is 6.42 Å². The molecule has 1 N–H and O–H groups in total. The second kappa shape index (κ2) is 9.82. The third kappa shape index (κ3) is 11.6. The van der Waals surface area contributed by atoms with Crippen LogP contribution in [0, 0.1) is 40.8 Å². The number of hydrogen-bond acceptors (Lipinski definition) is 1. The molecule has 0 aliphatic heterocycles. The van der Waals surface area contributed by atoms with Gasteiger partial charge in [-0.1, -0.05) is 26.2 Å². The largest absolute Gasteiger partial charge is 0.481 e. The van der Waals surface area contributed by atoms with Crippen molar-refractivity contribution in [2.45, 2.75) is 39.0 Å². The van der Waals surface area contributed by atoms with Crippen LogP contribution in [0.5, 0.6) is 0 Å². The van der Waals surface area contributed by atoms with Crippen molar-refractivity contribution in [1.82, 2.24) is 0 Å². The minimum absolute atomic E-state index is 0. The molecule has 0 aliphatic rings. The van der Waals surface area contributed by atoms with E-state index in [2.05, 4.69) is 6.92 Å². The van der Waals surface area contributed by atoms with Crippen LogP contribution in [0.4, 0.5) is 0 Å². The molecule has 10 heavy (non-hydrogen) atoms. The van der Waals surface area contributed by atoms with Crippen LogP contribution in [0.2, 0.25) is 0 Å². The van der Waals surface area contributed by atoms with E-state index >= 15 is 0 Å².